The van der Waals surface area contributed by atoms with E-state index in [0.717, 1.165) is 17.1 Å². The summed E-state index contributed by atoms with van der Waals surface area (Å²) in [6.45, 7) is 0. The molecule has 0 bridgehead atoms. The van der Waals surface area contributed by atoms with Crippen LogP contribution in [0.15, 0.2) is 261 Å². The van der Waals surface area contributed by atoms with Gasteiger partial charge in [0.05, 0.1) is 0 Å². The molecule has 1 nitrogen and oxygen atoms in total. The Labute approximate surface area is 359 Å². The fourth-order valence-corrected chi connectivity index (χ4v) is 8.41. The van der Waals surface area contributed by atoms with Crippen molar-refractivity contribution in [2.75, 3.05) is 4.90 Å². The van der Waals surface area contributed by atoms with E-state index < -0.39 is 0 Å². The van der Waals surface area contributed by atoms with Gasteiger partial charge in [-0.15, -0.1) is 0 Å². The van der Waals surface area contributed by atoms with E-state index in [9.17, 15) is 0 Å². The third-order valence-electron chi connectivity index (χ3n) is 11.5. The van der Waals surface area contributed by atoms with Gasteiger partial charge in [-0.05, 0) is 126 Å². The molecule has 10 aromatic carbocycles. The van der Waals surface area contributed by atoms with E-state index in [4.69, 9.17) is 0 Å². The van der Waals surface area contributed by atoms with E-state index in [2.05, 4.69) is 266 Å². The van der Waals surface area contributed by atoms with Gasteiger partial charge in [0.15, 0.2) is 0 Å². The van der Waals surface area contributed by atoms with Crippen molar-refractivity contribution in [3.63, 3.8) is 0 Å². The largest absolute Gasteiger partial charge is 0.310 e. The summed E-state index contributed by atoms with van der Waals surface area (Å²) in [5, 5.41) is 0. The lowest BCUT2D eigenvalue weighted by Gasteiger charge is -2.27. The molecule has 0 heterocycles. The number of hydrogen-bond donors (Lipinski definition) is 0. The van der Waals surface area contributed by atoms with Crippen LogP contribution in [0, 0.1) is 0 Å². The highest BCUT2D eigenvalue weighted by molar-refractivity contribution is 5.90. The lowest BCUT2D eigenvalue weighted by Crippen LogP contribution is -2.10. The van der Waals surface area contributed by atoms with Crippen LogP contribution in [0.25, 0.3) is 77.9 Å². The van der Waals surface area contributed by atoms with Crippen LogP contribution in [0.3, 0.4) is 0 Å². The summed E-state index contributed by atoms with van der Waals surface area (Å²) >= 11 is 0. The van der Waals surface area contributed by atoms with Crippen molar-refractivity contribution < 1.29 is 0 Å². The van der Waals surface area contributed by atoms with Gasteiger partial charge in [-0.3, -0.25) is 0 Å². The summed E-state index contributed by atoms with van der Waals surface area (Å²) in [4.78, 5) is 2.37. The lowest BCUT2D eigenvalue weighted by atomic mass is 9.90. The van der Waals surface area contributed by atoms with Crippen LogP contribution in [0.5, 0.6) is 0 Å². The Bertz CT molecular complexity index is 2840. The average molecular weight is 778 g/mol. The van der Waals surface area contributed by atoms with Crippen molar-refractivity contribution in [2.45, 2.75) is 0 Å². The van der Waals surface area contributed by atoms with Crippen LogP contribution in [0.1, 0.15) is 0 Å². The molecule has 10 rings (SSSR count). The quantitative estimate of drug-likeness (QED) is 0.134. The fraction of sp³-hybridized carbons (Fsp3) is 0. The molecule has 0 aliphatic heterocycles. The molecule has 0 saturated carbocycles. The Morgan fingerprint density at radius 1 is 0.164 bits per heavy atom. The maximum atomic E-state index is 2.37. The molecule has 1 heteroatoms. The molecule has 0 aliphatic rings. The molecular weight excluding hydrogens is 735 g/mol. The minimum atomic E-state index is 1.08. The summed E-state index contributed by atoms with van der Waals surface area (Å²) in [5.41, 5.74) is 20.0. The van der Waals surface area contributed by atoms with Gasteiger partial charge >= 0.3 is 0 Å². The van der Waals surface area contributed by atoms with Gasteiger partial charge in [-0.2, -0.15) is 0 Å². The monoisotopic (exact) mass is 777 g/mol. The summed E-state index contributed by atoms with van der Waals surface area (Å²) in [7, 11) is 0. The van der Waals surface area contributed by atoms with Gasteiger partial charge in [-0.1, -0.05) is 212 Å². The van der Waals surface area contributed by atoms with Gasteiger partial charge in [-0.25, -0.2) is 0 Å². The number of hydrogen-bond acceptors (Lipinski definition) is 1. The zero-order chi connectivity index (χ0) is 40.8. The maximum Gasteiger partial charge on any atom is 0.0467 e. The van der Waals surface area contributed by atoms with E-state index in [0.29, 0.717) is 0 Å². The topological polar surface area (TPSA) is 3.24 Å². The molecule has 0 unspecified atom stereocenters. The third-order valence-corrected chi connectivity index (χ3v) is 11.5. The second-order valence-electron chi connectivity index (χ2n) is 15.3. The maximum absolute atomic E-state index is 2.37. The third kappa shape index (κ3) is 7.93. The Balaban J connectivity index is 1.08. The molecule has 0 aromatic heterocycles. The van der Waals surface area contributed by atoms with Crippen molar-refractivity contribution >= 4 is 17.1 Å². The van der Waals surface area contributed by atoms with E-state index in [1.807, 2.05) is 0 Å². The Morgan fingerprint density at radius 2 is 0.459 bits per heavy atom. The molecule has 288 valence electrons. The molecule has 0 aliphatic carbocycles. The molecule has 61 heavy (non-hydrogen) atoms. The molecule has 10 aromatic rings. The molecule has 0 saturated heterocycles. The van der Waals surface area contributed by atoms with E-state index >= 15 is 0 Å². The van der Waals surface area contributed by atoms with Gasteiger partial charge in [0, 0.05) is 17.1 Å². The highest BCUT2D eigenvalue weighted by Gasteiger charge is 2.17. The zero-order valence-corrected chi connectivity index (χ0v) is 33.8. The predicted molar refractivity (Wildman–Crippen MR) is 259 cm³/mol. The first-order valence-corrected chi connectivity index (χ1v) is 20.9. The van der Waals surface area contributed by atoms with E-state index in [1.54, 1.807) is 0 Å². The van der Waals surface area contributed by atoms with Crippen LogP contribution in [0.4, 0.5) is 17.1 Å². The second kappa shape index (κ2) is 17.1. The van der Waals surface area contributed by atoms with Gasteiger partial charge in [0.2, 0.25) is 0 Å². The number of nitrogens with zero attached hydrogens (tertiary/aromatic N) is 1. The number of anilines is 3. The smallest absolute Gasteiger partial charge is 0.0467 e. The lowest BCUT2D eigenvalue weighted by molar-refractivity contribution is 1.28. The summed E-state index contributed by atoms with van der Waals surface area (Å²) in [5.74, 6) is 0. The minimum Gasteiger partial charge on any atom is -0.310 e. The van der Waals surface area contributed by atoms with E-state index in [-0.39, 0.29) is 0 Å². The van der Waals surface area contributed by atoms with Crippen LogP contribution in [-0.2, 0) is 0 Å². The second-order valence-corrected chi connectivity index (χ2v) is 15.3. The summed E-state index contributed by atoms with van der Waals surface area (Å²) in [6.07, 6.45) is 0. The van der Waals surface area contributed by atoms with Crippen LogP contribution in [0.2, 0.25) is 0 Å². The molecule has 0 spiro atoms. The summed E-state index contributed by atoms with van der Waals surface area (Å²) in [6, 6.07) is 94.0. The number of benzene rings is 10. The molecule has 0 atom stereocenters. The molecule has 0 fully saturated rings. The van der Waals surface area contributed by atoms with Crippen LogP contribution >= 0.6 is 0 Å². The Morgan fingerprint density at radius 3 is 0.836 bits per heavy atom. The van der Waals surface area contributed by atoms with Crippen molar-refractivity contribution in [2.24, 2.45) is 0 Å². The van der Waals surface area contributed by atoms with Crippen molar-refractivity contribution in [3.05, 3.63) is 261 Å². The Kier molecular flexibility index (Phi) is 10.4. The normalized spacial score (nSPS) is 11.0. The standard InChI is InChI=1S/C60H43N/c1-6-17-44(18-7-1)51-27-16-28-56(41-51)61(54-35-29-49(30-36-54)59-42-52(45-19-8-2-9-20-45)33-39-57(59)47-23-12-4-13-24-47)55-37-31-50(32-38-55)60-43-53(46-21-10-3-11-22-46)34-40-58(60)48-25-14-5-15-26-48/h1-43H. The van der Waals surface area contributed by atoms with Gasteiger partial charge in [0.1, 0.15) is 0 Å². The van der Waals surface area contributed by atoms with Crippen LogP contribution < -0.4 is 4.90 Å². The zero-order valence-electron chi connectivity index (χ0n) is 33.8. The average Bonchev–Trinajstić information content (AvgIpc) is 3.36. The highest BCUT2D eigenvalue weighted by Crippen LogP contribution is 2.42. The predicted octanol–water partition coefficient (Wildman–Crippen LogP) is 16.8. The molecule has 0 amide bonds. The minimum absolute atomic E-state index is 1.08. The molecular formula is C60H43N. The first-order valence-electron chi connectivity index (χ1n) is 20.9. The van der Waals surface area contributed by atoms with Crippen molar-refractivity contribution in [1.82, 2.24) is 0 Å². The van der Waals surface area contributed by atoms with Crippen molar-refractivity contribution in [3.8, 4) is 77.9 Å². The summed E-state index contributed by atoms with van der Waals surface area (Å²) < 4.78 is 0. The SMILES string of the molecule is c1ccc(-c2cccc(N(c3ccc(-c4cc(-c5ccccc5)ccc4-c4ccccc4)cc3)c3ccc(-c4cc(-c5ccccc5)ccc4-c4ccccc4)cc3)c2)cc1. The first-order chi connectivity index (χ1) is 30.2. The Hall–Kier alpha value is -8.00. The molecule has 0 radical (unpaired) electrons. The van der Waals surface area contributed by atoms with E-state index in [1.165, 1.54) is 77.9 Å². The first kappa shape index (κ1) is 37.3. The van der Waals surface area contributed by atoms with Gasteiger partial charge < -0.3 is 4.90 Å². The fourth-order valence-electron chi connectivity index (χ4n) is 8.41. The number of rotatable bonds is 10. The van der Waals surface area contributed by atoms with Crippen LogP contribution in [-0.4, -0.2) is 0 Å². The molecule has 0 N–H and O–H groups in total. The van der Waals surface area contributed by atoms with Crippen molar-refractivity contribution in [1.29, 1.82) is 0 Å². The van der Waals surface area contributed by atoms with Gasteiger partial charge in [0.25, 0.3) is 0 Å². The highest BCUT2D eigenvalue weighted by atomic mass is 15.1.